The number of anilines is 1. The first-order valence-corrected chi connectivity index (χ1v) is 6.69. The van der Waals surface area contributed by atoms with Crippen LogP contribution in [0.15, 0.2) is 22.7 Å². The molecule has 1 atom stereocenters. The Morgan fingerprint density at radius 2 is 2.06 bits per heavy atom. The number of benzene rings is 1. The summed E-state index contributed by atoms with van der Waals surface area (Å²) in [5.74, 6) is 0.620. The molecule has 0 heterocycles. The highest BCUT2D eigenvalue weighted by molar-refractivity contribution is 9.10. The van der Waals surface area contributed by atoms with E-state index < -0.39 is 0 Å². The molecule has 0 fully saturated rings. The van der Waals surface area contributed by atoms with Crippen LogP contribution in [0, 0.1) is 0 Å². The van der Waals surface area contributed by atoms with Crippen molar-refractivity contribution in [2.24, 2.45) is 5.73 Å². The first-order valence-electron chi connectivity index (χ1n) is 5.89. The van der Waals surface area contributed by atoms with Gasteiger partial charge in [-0.15, -0.1) is 0 Å². The van der Waals surface area contributed by atoms with Gasteiger partial charge in [0.15, 0.2) is 0 Å². The van der Waals surface area contributed by atoms with Crippen LogP contribution in [0.3, 0.4) is 0 Å². The Bertz CT molecular complexity index is 419. The minimum atomic E-state index is -0.150. The average molecular weight is 315 g/mol. The molecule has 0 spiro atoms. The molecule has 1 rings (SSSR count). The van der Waals surface area contributed by atoms with Gasteiger partial charge in [-0.2, -0.15) is 0 Å². The summed E-state index contributed by atoms with van der Waals surface area (Å²) in [6, 6.07) is 5.33. The lowest BCUT2D eigenvalue weighted by molar-refractivity contribution is -0.116. The van der Waals surface area contributed by atoms with Crippen molar-refractivity contribution in [1.29, 1.82) is 0 Å². The number of carbonyl (C=O) groups is 1. The Kier molecular flexibility index (Phi) is 5.62. The summed E-state index contributed by atoms with van der Waals surface area (Å²) in [5, 5.41) is 2.80. The number of nitrogens with one attached hydrogen (secondary N) is 1. The zero-order valence-electron chi connectivity index (χ0n) is 10.9. The third-order valence-corrected chi connectivity index (χ3v) is 2.49. The van der Waals surface area contributed by atoms with Gasteiger partial charge in [0.2, 0.25) is 5.91 Å². The average Bonchev–Trinajstić information content (AvgIpc) is 2.12. The van der Waals surface area contributed by atoms with E-state index in [4.69, 9.17) is 10.5 Å². The van der Waals surface area contributed by atoms with Crippen molar-refractivity contribution in [3.8, 4) is 5.75 Å². The minimum absolute atomic E-state index is 0.0897. The van der Waals surface area contributed by atoms with Gasteiger partial charge in [-0.05, 0) is 32.9 Å². The number of hydrogen-bond donors (Lipinski definition) is 2. The zero-order valence-corrected chi connectivity index (χ0v) is 12.5. The van der Waals surface area contributed by atoms with Gasteiger partial charge < -0.3 is 15.8 Å². The number of hydrogen-bond acceptors (Lipinski definition) is 3. The highest BCUT2D eigenvalue weighted by atomic mass is 79.9. The van der Waals surface area contributed by atoms with Crippen LogP contribution in [-0.4, -0.2) is 18.1 Å². The fourth-order valence-electron chi connectivity index (χ4n) is 1.48. The summed E-state index contributed by atoms with van der Waals surface area (Å²) in [7, 11) is 0. The predicted molar refractivity (Wildman–Crippen MR) is 76.8 cm³/mol. The molecule has 1 amide bonds. The normalized spacial score (nSPS) is 12.3. The van der Waals surface area contributed by atoms with E-state index in [0.29, 0.717) is 12.1 Å². The van der Waals surface area contributed by atoms with E-state index in [1.54, 1.807) is 13.0 Å². The number of rotatable bonds is 5. The molecule has 3 N–H and O–H groups in total. The molecule has 0 saturated heterocycles. The van der Waals surface area contributed by atoms with Gasteiger partial charge in [0.05, 0.1) is 6.10 Å². The van der Waals surface area contributed by atoms with Gasteiger partial charge in [-0.3, -0.25) is 4.79 Å². The lowest BCUT2D eigenvalue weighted by Crippen LogP contribution is -2.24. The second-order valence-electron chi connectivity index (χ2n) is 4.57. The van der Waals surface area contributed by atoms with Crippen molar-refractivity contribution in [3.63, 3.8) is 0 Å². The van der Waals surface area contributed by atoms with Gasteiger partial charge in [0.25, 0.3) is 0 Å². The van der Waals surface area contributed by atoms with Crippen molar-refractivity contribution < 1.29 is 9.53 Å². The maximum absolute atomic E-state index is 11.6. The molecule has 100 valence electrons. The third kappa shape index (κ3) is 5.51. The second kappa shape index (κ2) is 6.75. The summed E-state index contributed by atoms with van der Waals surface area (Å²) in [4.78, 5) is 11.6. The summed E-state index contributed by atoms with van der Waals surface area (Å²) < 4.78 is 6.45. The van der Waals surface area contributed by atoms with E-state index in [-0.39, 0.29) is 18.1 Å². The van der Waals surface area contributed by atoms with Crippen molar-refractivity contribution in [3.05, 3.63) is 22.7 Å². The van der Waals surface area contributed by atoms with Crippen molar-refractivity contribution in [2.75, 3.05) is 5.32 Å². The number of nitrogens with two attached hydrogens (primary N) is 1. The Morgan fingerprint density at radius 3 is 2.61 bits per heavy atom. The molecule has 18 heavy (non-hydrogen) atoms. The van der Waals surface area contributed by atoms with Crippen LogP contribution < -0.4 is 15.8 Å². The summed E-state index contributed by atoms with van der Waals surface area (Å²) in [6.07, 6.45) is 0.388. The smallest absolute Gasteiger partial charge is 0.225 e. The Morgan fingerprint density at radius 1 is 1.39 bits per heavy atom. The SMILES string of the molecule is CC(N)CC(=O)Nc1cc(Br)cc(OC(C)C)c1. The monoisotopic (exact) mass is 314 g/mol. The lowest BCUT2D eigenvalue weighted by Gasteiger charge is -2.13. The molecule has 5 heteroatoms. The van der Waals surface area contributed by atoms with Gasteiger partial charge in [-0.1, -0.05) is 15.9 Å². The molecule has 1 aromatic carbocycles. The van der Waals surface area contributed by atoms with E-state index in [2.05, 4.69) is 21.2 Å². The second-order valence-corrected chi connectivity index (χ2v) is 5.49. The fourth-order valence-corrected chi connectivity index (χ4v) is 1.95. The van der Waals surface area contributed by atoms with Gasteiger partial charge >= 0.3 is 0 Å². The molecule has 0 saturated carbocycles. The van der Waals surface area contributed by atoms with Crippen molar-refractivity contribution in [1.82, 2.24) is 0 Å². The largest absolute Gasteiger partial charge is 0.491 e. The van der Waals surface area contributed by atoms with Gasteiger partial charge in [0.1, 0.15) is 5.75 Å². The number of ether oxygens (including phenoxy) is 1. The topological polar surface area (TPSA) is 64.4 Å². The van der Waals surface area contributed by atoms with Crippen LogP contribution >= 0.6 is 15.9 Å². The van der Waals surface area contributed by atoms with E-state index in [9.17, 15) is 4.79 Å². The maximum Gasteiger partial charge on any atom is 0.225 e. The first-order chi connectivity index (χ1) is 8.36. The number of halogens is 1. The molecular formula is C13H19BrN2O2. The van der Waals surface area contributed by atoms with E-state index >= 15 is 0 Å². The van der Waals surface area contributed by atoms with E-state index in [1.807, 2.05) is 26.0 Å². The highest BCUT2D eigenvalue weighted by Gasteiger charge is 2.08. The summed E-state index contributed by atoms with van der Waals surface area (Å²) in [5.41, 5.74) is 6.28. The van der Waals surface area contributed by atoms with Crippen LogP contribution in [0.2, 0.25) is 0 Å². The quantitative estimate of drug-likeness (QED) is 0.878. The van der Waals surface area contributed by atoms with Crippen molar-refractivity contribution >= 4 is 27.5 Å². The number of amides is 1. The molecule has 0 bridgehead atoms. The lowest BCUT2D eigenvalue weighted by atomic mass is 10.2. The van der Waals surface area contributed by atoms with Gasteiger partial charge in [-0.25, -0.2) is 0 Å². The van der Waals surface area contributed by atoms with E-state index in [1.165, 1.54) is 0 Å². The first kappa shape index (κ1) is 15.0. The summed E-state index contributed by atoms with van der Waals surface area (Å²) in [6.45, 7) is 5.71. The summed E-state index contributed by atoms with van der Waals surface area (Å²) >= 11 is 3.39. The molecule has 0 aromatic heterocycles. The van der Waals surface area contributed by atoms with E-state index in [0.717, 1.165) is 10.2 Å². The van der Waals surface area contributed by atoms with Crippen LogP contribution in [-0.2, 0) is 4.79 Å². The Labute approximate surface area is 116 Å². The van der Waals surface area contributed by atoms with Gasteiger partial charge in [0, 0.05) is 28.7 Å². The highest BCUT2D eigenvalue weighted by Crippen LogP contribution is 2.25. The van der Waals surface area contributed by atoms with Crippen LogP contribution in [0.1, 0.15) is 27.2 Å². The zero-order chi connectivity index (χ0) is 13.7. The van der Waals surface area contributed by atoms with Crippen LogP contribution in [0.25, 0.3) is 0 Å². The molecule has 0 radical (unpaired) electrons. The molecule has 1 unspecified atom stereocenters. The minimum Gasteiger partial charge on any atom is -0.491 e. The van der Waals surface area contributed by atoms with Crippen molar-refractivity contribution in [2.45, 2.75) is 39.3 Å². The molecule has 0 aliphatic carbocycles. The molecule has 1 aromatic rings. The Balaban J connectivity index is 2.76. The number of carbonyl (C=O) groups excluding carboxylic acids is 1. The Hall–Kier alpha value is -1.07. The maximum atomic E-state index is 11.6. The van der Waals surface area contributed by atoms with Crippen LogP contribution in [0.5, 0.6) is 5.75 Å². The molecule has 0 aliphatic rings. The fraction of sp³-hybridized carbons (Fsp3) is 0.462. The standard InChI is InChI=1S/C13H19BrN2O2/c1-8(2)18-12-6-10(14)5-11(7-12)16-13(17)4-9(3)15/h5-9H,4,15H2,1-3H3,(H,16,17). The molecular weight excluding hydrogens is 296 g/mol. The third-order valence-electron chi connectivity index (χ3n) is 2.03. The molecule has 4 nitrogen and oxygen atoms in total. The predicted octanol–water partition coefficient (Wildman–Crippen LogP) is 2.91. The van der Waals surface area contributed by atoms with Crippen LogP contribution in [0.4, 0.5) is 5.69 Å². The molecule has 0 aliphatic heterocycles.